The minimum Gasteiger partial charge on any atom is -0.497 e. The average molecular weight is 423 g/mol. The van der Waals surface area contributed by atoms with E-state index in [9.17, 15) is 4.79 Å². The van der Waals surface area contributed by atoms with Crippen molar-refractivity contribution >= 4 is 28.3 Å². The lowest BCUT2D eigenvalue weighted by Gasteiger charge is -2.18. The van der Waals surface area contributed by atoms with Gasteiger partial charge in [-0.2, -0.15) is 0 Å². The van der Waals surface area contributed by atoms with Crippen LogP contribution in [0, 0.1) is 0 Å². The summed E-state index contributed by atoms with van der Waals surface area (Å²) in [7, 11) is 7.05. The van der Waals surface area contributed by atoms with Crippen molar-refractivity contribution in [3.63, 3.8) is 0 Å². The van der Waals surface area contributed by atoms with Gasteiger partial charge in [0.15, 0.2) is 0 Å². The highest BCUT2D eigenvalue weighted by Gasteiger charge is 2.20. The zero-order chi connectivity index (χ0) is 22.0. The molecule has 31 heavy (non-hydrogen) atoms. The van der Waals surface area contributed by atoms with Crippen LogP contribution in [0.15, 0.2) is 30.3 Å². The Morgan fingerprint density at radius 3 is 2.32 bits per heavy atom. The molecule has 164 valence electrons. The maximum atomic E-state index is 13.0. The van der Waals surface area contributed by atoms with E-state index in [1.165, 1.54) is 32.1 Å². The molecule has 0 bridgehead atoms. The number of carbonyl (C=O) groups excluding carboxylic acids is 1. The van der Waals surface area contributed by atoms with Crippen molar-refractivity contribution in [2.24, 2.45) is 0 Å². The molecule has 1 fully saturated rings. The maximum absolute atomic E-state index is 13.0. The van der Waals surface area contributed by atoms with Crippen molar-refractivity contribution < 1.29 is 14.3 Å². The number of aromatic nitrogens is 2. The number of imidazole rings is 1. The molecule has 2 aromatic carbocycles. The maximum Gasteiger partial charge on any atom is 0.255 e. The molecule has 0 spiro atoms. The summed E-state index contributed by atoms with van der Waals surface area (Å²) in [5, 5.41) is 3.05. The Morgan fingerprint density at radius 1 is 1.03 bits per heavy atom. The van der Waals surface area contributed by atoms with E-state index < -0.39 is 0 Å². The third-order valence-electron chi connectivity index (χ3n) is 5.95. The zero-order valence-electron chi connectivity index (χ0n) is 18.6. The van der Waals surface area contributed by atoms with E-state index in [1.54, 1.807) is 32.4 Å². The van der Waals surface area contributed by atoms with Crippen LogP contribution in [-0.2, 0) is 0 Å². The molecule has 0 radical (unpaired) electrons. The minimum absolute atomic E-state index is 0.230. The fourth-order valence-electron chi connectivity index (χ4n) is 4.24. The highest BCUT2D eigenvalue weighted by atomic mass is 16.5. The number of nitrogens with zero attached hydrogens (tertiary/aromatic N) is 2. The second-order valence-electron chi connectivity index (χ2n) is 8.29. The number of rotatable bonds is 6. The summed E-state index contributed by atoms with van der Waals surface area (Å²) in [6, 6.07) is 9.14. The largest absolute Gasteiger partial charge is 0.497 e. The van der Waals surface area contributed by atoms with Gasteiger partial charge in [-0.3, -0.25) is 4.79 Å². The van der Waals surface area contributed by atoms with Crippen LogP contribution in [0.4, 0.5) is 11.4 Å². The number of fused-ring (bicyclic) bond motifs is 1. The molecule has 1 aromatic heterocycles. The van der Waals surface area contributed by atoms with Crippen LogP contribution in [0.2, 0.25) is 0 Å². The van der Waals surface area contributed by atoms with E-state index in [0.29, 0.717) is 23.0 Å². The van der Waals surface area contributed by atoms with Gasteiger partial charge in [0.05, 0.1) is 36.6 Å². The first-order valence-electron chi connectivity index (χ1n) is 10.7. The van der Waals surface area contributed by atoms with Gasteiger partial charge in [0, 0.05) is 31.6 Å². The van der Waals surface area contributed by atoms with E-state index in [-0.39, 0.29) is 5.91 Å². The summed E-state index contributed by atoms with van der Waals surface area (Å²) < 4.78 is 10.6. The van der Waals surface area contributed by atoms with Gasteiger partial charge < -0.3 is 24.7 Å². The van der Waals surface area contributed by atoms with Crippen LogP contribution in [0.5, 0.6) is 11.5 Å². The standard InChI is InChI=1S/C24H30N4O3/c1-28(2)22-14-20-19(25-23(26-20)15-8-6-5-7-9-15)13-21(22)27-24(29)16-10-17(30-3)12-18(11-16)31-4/h10-15H,5-9H2,1-4H3,(H,25,26)(H,27,29). The monoisotopic (exact) mass is 422 g/mol. The number of benzene rings is 2. The molecular formula is C24H30N4O3. The molecule has 0 aliphatic heterocycles. The van der Waals surface area contributed by atoms with Crippen LogP contribution in [-0.4, -0.2) is 44.2 Å². The molecule has 3 aromatic rings. The lowest BCUT2D eigenvalue weighted by Crippen LogP contribution is -2.17. The first-order chi connectivity index (χ1) is 15.0. The predicted octanol–water partition coefficient (Wildman–Crippen LogP) is 4.95. The summed E-state index contributed by atoms with van der Waals surface area (Å²) in [6.45, 7) is 0. The van der Waals surface area contributed by atoms with Crippen LogP contribution in [0.1, 0.15) is 54.2 Å². The molecule has 1 amide bonds. The number of amides is 1. The number of nitrogens with one attached hydrogen (secondary N) is 2. The number of methoxy groups -OCH3 is 2. The Morgan fingerprint density at radius 2 is 1.71 bits per heavy atom. The first kappa shape index (κ1) is 21.0. The van der Waals surface area contributed by atoms with Gasteiger partial charge in [-0.25, -0.2) is 4.98 Å². The summed E-state index contributed by atoms with van der Waals surface area (Å²) in [5.41, 5.74) is 3.95. The quantitative estimate of drug-likeness (QED) is 0.588. The normalized spacial score (nSPS) is 14.5. The Bertz CT molecular complexity index is 1060. The number of H-pyrrole nitrogens is 1. The molecule has 0 saturated heterocycles. The van der Waals surface area contributed by atoms with Gasteiger partial charge in [-0.15, -0.1) is 0 Å². The summed E-state index contributed by atoms with van der Waals surface area (Å²) in [4.78, 5) is 23.4. The fourth-order valence-corrected chi connectivity index (χ4v) is 4.24. The van der Waals surface area contributed by atoms with E-state index in [2.05, 4.69) is 10.3 Å². The van der Waals surface area contributed by atoms with E-state index in [0.717, 1.165) is 28.2 Å². The number of anilines is 2. The second kappa shape index (κ2) is 8.88. The lowest BCUT2D eigenvalue weighted by molar-refractivity contribution is 0.102. The van der Waals surface area contributed by atoms with Crippen LogP contribution in [0.25, 0.3) is 11.0 Å². The highest BCUT2D eigenvalue weighted by Crippen LogP contribution is 2.35. The Labute approximate surface area is 182 Å². The minimum atomic E-state index is -0.230. The van der Waals surface area contributed by atoms with Gasteiger partial charge in [0.2, 0.25) is 0 Å². The number of ether oxygens (including phenoxy) is 2. The Hall–Kier alpha value is -3.22. The van der Waals surface area contributed by atoms with Crippen molar-refractivity contribution in [1.82, 2.24) is 9.97 Å². The molecule has 0 atom stereocenters. The molecule has 1 heterocycles. The predicted molar refractivity (Wildman–Crippen MR) is 124 cm³/mol. The third-order valence-corrected chi connectivity index (χ3v) is 5.95. The van der Waals surface area contributed by atoms with E-state index in [1.807, 2.05) is 31.1 Å². The topological polar surface area (TPSA) is 79.5 Å². The molecule has 1 aliphatic rings. The van der Waals surface area contributed by atoms with Crippen molar-refractivity contribution in [3.05, 3.63) is 41.7 Å². The molecule has 2 N–H and O–H groups in total. The van der Waals surface area contributed by atoms with Crippen LogP contribution in [0.3, 0.4) is 0 Å². The number of aromatic amines is 1. The summed E-state index contributed by atoms with van der Waals surface area (Å²) in [5.74, 6) is 2.45. The smallest absolute Gasteiger partial charge is 0.255 e. The van der Waals surface area contributed by atoms with Crippen molar-refractivity contribution in [3.8, 4) is 11.5 Å². The Balaban J connectivity index is 1.67. The molecule has 1 saturated carbocycles. The second-order valence-corrected chi connectivity index (χ2v) is 8.29. The molecule has 7 heteroatoms. The number of hydrogen-bond acceptors (Lipinski definition) is 5. The number of carbonyl (C=O) groups is 1. The van der Waals surface area contributed by atoms with Gasteiger partial charge >= 0.3 is 0 Å². The average Bonchev–Trinajstić information content (AvgIpc) is 3.21. The van der Waals surface area contributed by atoms with E-state index in [4.69, 9.17) is 14.5 Å². The lowest BCUT2D eigenvalue weighted by atomic mass is 9.89. The van der Waals surface area contributed by atoms with Gasteiger partial charge in [-0.1, -0.05) is 19.3 Å². The first-order valence-corrected chi connectivity index (χ1v) is 10.7. The van der Waals surface area contributed by atoms with Crippen molar-refractivity contribution in [2.75, 3.05) is 38.5 Å². The highest BCUT2D eigenvalue weighted by molar-refractivity contribution is 6.07. The van der Waals surface area contributed by atoms with Crippen molar-refractivity contribution in [1.29, 1.82) is 0 Å². The van der Waals surface area contributed by atoms with Crippen molar-refractivity contribution in [2.45, 2.75) is 38.0 Å². The third kappa shape index (κ3) is 4.45. The van der Waals surface area contributed by atoms with E-state index >= 15 is 0 Å². The van der Waals surface area contributed by atoms with Gasteiger partial charge in [0.1, 0.15) is 17.3 Å². The van der Waals surface area contributed by atoms with Gasteiger partial charge in [0.25, 0.3) is 5.91 Å². The Kier molecular flexibility index (Phi) is 6.02. The molecule has 1 aliphatic carbocycles. The summed E-state index contributed by atoms with van der Waals surface area (Å²) in [6.07, 6.45) is 6.20. The number of hydrogen-bond donors (Lipinski definition) is 2. The molecule has 0 unspecified atom stereocenters. The van der Waals surface area contributed by atoms with Crippen LogP contribution >= 0.6 is 0 Å². The summed E-state index contributed by atoms with van der Waals surface area (Å²) >= 11 is 0. The molecule has 7 nitrogen and oxygen atoms in total. The van der Waals surface area contributed by atoms with Gasteiger partial charge in [-0.05, 0) is 37.1 Å². The fraction of sp³-hybridized carbons (Fsp3) is 0.417. The van der Waals surface area contributed by atoms with Crippen LogP contribution < -0.4 is 19.7 Å². The molecular weight excluding hydrogens is 392 g/mol. The SMILES string of the molecule is COc1cc(OC)cc(C(=O)Nc2cc3[nH]c(C4CCCCC4)nc3cc2N(C)C)c1. The molecule has 4 rings (SSSR count). The zero-order valence-corrected chi connectivity index (χ0v) is 18.6.